The van der Waals surface area contributed by atoms with Crippen LogP contribution in [0.25, 0.3) is 53.9 Å². The lowest BCUT2D eigenvalue weighted by Crippen LogP contribution is -2.14. The van der Waals surface area contributed by atoms with E-state index in [-0.39, 0.29) is 11.8 Å². The molecule has 4 heteroatoms. The third-order valence-corrected chi connectivity index (χ3v) is 9.08. The molecule has 0 saturated heterocycles. The summed E-state index contributed by atoms with van der Waals surface area (Å²) >= 11 is 0. The fourth-order valence-corrected chi connectivity index (χ4v) is 6.94. The summed E-state index contributed by atoms with van der Waals surface area (Å²) in [4.78, 5) is 28.3. The molecular weight excluding hydrogens is 564 g/mol. The minimum Gasteiger partial charge on any atom is -0.321 e. The number of aryl methyl sites for hydroxylation is 2. The van der Waals surface area contributed by atoms with E-state index >= 15 is 0 Å². The van der Waals surface area contributed by atoms with Gasteiger partial charge in [-0.15, -0.1) is 0 Å². The van der Waals surface area contributed by atoms with E-state index < -0.39 is 0 Å². The minimum absolute atomic E-state index is 0.194. The van der Waals surface area contributed by atoms with E-state index in [2.05, 4.69) is 36.6 Å². The predicted octanol–water partition coefficient (Wildman–Crippen LogP) is 10.6. The van der Waals surface area contributed by atoms with Crippen LogP contribution in [-0.2, 0) is 0 Å². The number of nitrogens with one attached hydrogen (secondary N) is 2. The fourth-order valence-electron chi connectivity index (χ4n) is 6.94. The van der Waals surface area contributed by atoms with E-state index in [9.17, 15) is 9.59 Å². The Bertz CT molecular complexity index is 2360. The highest BCUT2D eigenvalue weighted by Crippen LogP contribution is 2.40. The summed E-state index contributed by atoms with van der Waals surface area (Å²) in [6.45, 7) is 4.17. The molecule has 0 aromatic heterocycles. The highest BCUT2D eigenvalue weighted by molar-refractivity contribution is 6.30. The first-order valence-corrected chi connectivity index (χ1v) is 15.4. The molecule has 0 heterocycles. The van der Waals surface area contributed by atoms with Crippen molar-refractivity contribution in [3.8, 4) is 0 Å². The molecule has 46 heavy (non-hydrogen) atoms. The molecule has 2 amide bonds. The zero-order chi connectivity index (χ0) is 31.4. The van der Waals surface area contributed by atoms with Gasteiger partial charge in [0.05, 0.1) is 0 Å². The van der Waals surface area contributed by atoms with Crippen LogP contribution in [0.1, 0.15) is 31.8 Å². The van der Waals surface area contributed by atoms with Gasteiger partial charge in [0.1, 0.15) is 0 Å². The summed E-state index contributed by atoms with van der Waals surface area (Å²) in [5.74, 6) is -0.388. The molecule has 0 aliphatic carbocycles. The zero-order valence-corrected chi connectivity index (χ0v) is 25.5. The lowest BCUT2D eigenvalue weighted by atomic mass is 9.87. The Morgan fingerprint density at radius 2 is 0.804 bits per heavy atom. The molecule has 0 atom stereocenters. The van der Waals surface area contributed by atoms with Crippen molar-refractivity contribution in [1.82, 2.24) is 0 Å². The van der Waals surface area contributed by atoms with E-state index in [1.807, 2.05) is 121 Å². The molecule has 0 aliphatic rings. The normalized spacial score (nSPS) is 11.4. The average molecular weight is 595 g/mol. The first kappa shape index (κ1) is 27.5. The molecule has 2 N–H and O–H groups in total. The number of amides is 2. The van der Waals surface area contributed by atoms with Crippen molar-refractivity contribution in [2.75, 3.05) is 10.6 Å². The molecule has 0 bridgehead atoms. The van der Waals surface area contributed by atoms with Crippen molar-refractivity contribution in [1.29, 1.82) is 0 Å². The zero-order valence-electron chi connectivity index (χ0n) is 25.5. The number of rotatable bonds is 4. The number of fused-ring (bicyclic) bond motifs is 7. The third-order valence-electron chi connectivity index (χ3n) is 9.08. The van der Waals surface area contributed by atoms with Gasteiger partial charge in [0.25, 0.3) is 11.8 Å². The van der Waals surface area contributed by atoms with Crippen molar-refractivity contribution in [2.45, 2.75) is 13.8 Å². The predicted molar refractivity (Wildman–Crippen MR) is 192 cm³/mol. The minimum atomic E-state index is -0.194. The van der Waals surface area contributed by atoms with E-state index in [0.717, 1.165) is 76.4 Å². The van der Waals surface area contributed by atoms with Gasteiger partial charge in [-0.3, -0.25) is 9.59 Å². The van der Waals surface area contributed by atoms with Gasteiger partial charge < -0.3 is 10.6 Å². The number of benzene rings is 8. The van der Waals surface area contributed by atoms with E-state index in [4.69, 9.17) is 0 Å². The standard InChI is InChI=1S/C42H30N2O2/c1-25-11-7-19-32-34(41(45)43-36-21-9-15-27-13-3-5-17-30(27)36)23-29-24-35(33-20-8-12-26(2)39(33)40(29)38(25)32)42(46)44-37-22-10-16-28-14-4-6-18-31(28)37/h3-24H,1-2H3,(H,43,45)(H,44,46). The second-order valence-electron chi connectivity index (χ2n) is 11.9. The van der Waals surface area contributed by atoms with Crippen LogP contribution < -0.4 is 10.6 Å². The molecule has 0 aliphatic heterocycles. The van der Waals surface area contributed by atoms with Crippen molar-refractivity contribution in [3.63, 3.8) is 0 Å². The Morgan fingerprint density at radius 3 is 1.28 bits per heavy atom. The topological polar surface area (TPSA) is 58.2 Å². The van der Waals surface area contributed by atoms with Crippen molar-refractivity contribution in [2.24, 2.45) is 0 Å². The Hall–Kier alpha value is -6.00. The van der Waals surface area contributed by atoms with Gasteiger partial charge in [-0.25, -0.2) is 0 Å². The van der Waals surface area contributed by atoms with Crippen LogP contribution in [0.3, 0.4) is 0 Å². The molecular formula is C42H30N2O2. The first-order chi connectivity index (χ1) is 22.5. The number of carbonyl (C=O) groups excluding carboxylic acids is 2. The summed E-state index contributed by atoms with van der Waals surface area (Å²) in [5, 5.41) is 16.1. The molecule has 8 aromatic carbocycles. The van der Waals surface area contributed by atoms with Crippen LogP contribution >= 0.6 is 0 Å². The van der Waals surface area contributed by atoms with Crippen LogP contribution in [0, 0.1) is 13.8 Å². The first-order valence-electron chi connectivity index (χ1n) is 15.4. The lowest BCUT2D eigenvalue weighted by molar-refractivity contribution is 0.102. The Morgan fingerprint density at radius 1 is 0.413 bits per heavy atom. The average Bonchev–Trinajstić information content (AvgIpc) is 3.08. The molecule has 220 valence electrons. The number of hydrogen-bond donors (Lipinski definition) is 2. The van der Waals surface area contributed by atoms with E-state index in [1.54, 1.807) is 0 Å². The maximum absolute atomic E-state index is 14.2. The molecule has 0 unspecified atom stereocenters. The van der Waals surface area contributed by atoms with Crippen molar-refractivity contribution >= 4 is 77.1 Å². The van der Waals surface area contributed by atoms with Crippen LogP contribution in [0.2, 0.25) is 0 Å². The summed E-state index contributed by atoms with van der Waals surface area (Å²) in [6.07, 6.45) is 0. The molecule has 0 radical (unpaired) electrons. The van der Waals surface area contributed by atoms with Gasteiger partial charge in [0, 0.05) is 33.3 Å². The lowest BCUT2D eigenvalue weighted by Gasteiger charge is -2.18. The second kappa shape index (κ2) is 10.9. The molecule has 8 aromatic rings. The van der Waals surface area contributed by atoms with E-state index in [1.165, 1.54) is 0 Å². The van der Waals surface area contributed by atoms with E-state index in [0.29, 0.717) is 11.1 Å². The smallest absolute Gasteiger partial charge is 0.256 e. The second-order valence-corrected chi connectivity index (χ2v) is 11.9. The molecule has 8 rings (SSSR count). The van der Waals surface area contributed by atoms with Crippen LogP contribution in [0.5, 0.6) is 0 Å². The Kier molecular flexibility index (Phi) is 6.50. The highest BCUT2D eigenvalue weighted by Gasteiger charge is 2.21. The monoisotopic (exact) mass is 594 g/mol. The molecule has 0 fully saturated rings. The summed E-state index contributed by atoms with van der Waals surface area (Å²) in [7, 11) is 0. The van der Waals surface area contributed by atoms with Gasteiger partial charge in [-0.05, 0) is 92.3 Å². The van der Waals surface area contributed by atoms with Crippen molar-refractivity contribution in [3.05, 3.63) is 156 Å². The Labute approximate surface area is 266 Å². The third kappa shape index (κ3) is 4.46. The number of hydrogen-bond acceptors (Lipinski definition) is 2. The summed E-state index contributed by atoms with van der Waals surface area (Å²) < 4.78 is 0. The van der Waals surface area contributed by atoms with Gasteiger partial charge in [-0.2, -0.15) is 0 Å². The maximum Gasteiger partial charge on any atom is 0.256 e. The Balaban J connectivity index is 1.34. The van der Waals surface area contributed by atoms with Gasteiger partial charge in [-0.1, -0.05) is 109 Å². The van der Waals surface area contributed by atoms with Gasteiger partial charge in [0.15, 0.2) is 0 Å². The molecule has 0 saturated carbocycles. The quantitative estimate of drug-likeness (QED) is 0.199. The largest absolute Gasteiger partial charge is 0.321 e. The number of anilines is 2. The fraction of sp³-hybridized carbons (Fsp3) is 0.0476. The van der Waals surface area contributed by atoms with Crippen LogP contribution in [0.4, 0.5) is 11.4 Å². The SMILES string of the molecule is Cc1cccc2c(C(=O)Nc3cccc4ccccc34)cc3cc(C(=O)Nc4cccc5ccccc45)c4cccc(C)c4c3c12. The summed E-state index contributed by atoms with van der Waals surface area (Å²) in [6, 6.07) is 44.0. The van der Waals surface area contributed by atoms with Crippen LogP contribution in [0.15, 0.2) is 133 Å². The molecule has 4 nitrogen and oxygen atoms in total. The summed E-state index contributed by atoms with van der Waals surface area (Å²) in [5.41, 5.74) is 4.78. The maximum atomic E-state index is 14.2. The molecule has 0 spiro atoms. The van der Waals surface area contributed by atoms with Crippen molar-refractivity contribution < 1.29 is 9.59 Å². The highest BCUT2D eigenvalue weighted by atomic mass is 16.2. The number of carbonyl (C=O) groups is 2. The van der Waals surface area contributed by atoms with Gasteiger partial charge in [0.2, 0.25) is 0 Å². The van der Waals surface area contributed by atoms with Crippen LogP contribution in [-0.4, -0.2) is 11.8 Å². The van der Waals surface area contributed by atoms with Gasteiger partial charge >= 0.3 is 0 Å².